The highest BCUT2D eigenvalue weighted by Gasteiger charge is 2.10. The Morgan fingerprint density at radius 2 is 1.65 bits per heavy atom. The number of hydrogen-bond acceptors (Lipinski definition) is 5. The minimum atomic E-state index is 0.0269. The van der Waals surface area contributed by atoms with E-state index in [-0.39, 0.29) is 11.9 Å². The van der Waals surface area contributed by atoms with E-state index >= 15 is 0 Å². The molecule has 4 rings (SSSR count). The van der Waals surface area contributed by atoms with Crippen LogP contribution in [0.25, 0.3) is 0 Å². The molecule has 3 aromatic carbocycles. The number of hydrogen-bond donors (Lipinski definition) is 1. The van der Waals surface area contributed by atoms with Gasteiger partial charge in [0.1, 0.15) is 5.75 Å². The van der Waals surface area contributed by atoms with Crippen molar-refractivity contribution in [1.29, 1.82) is 0 Å². The summed E-state index contributed by atoms with van der Waals surface area (Å²) in [4.78, 5) is 16.9. The zero-order chi connectivity index (χ0) is 23.8. The lowest BCUT2D eigenvalue weighted by Gasteiger charge is -2.14. The number of aromatic nitrogens is 2. The van der Waals surface area contributed by atoms with Gasteiger partial charge in [0.15, 0.2) is 5.82 Å². The van der Waals surface area contributed by atoms with Crippen molar-refractivity contribution in [1.82, 2.24) is 14.7 Å². The van der Waals surface area contributed by atoms with Gasteiger partial charge >= 0.3 is 0 Å². The van der Waals surface area contributed by atoms with E-state index in [2.05, 4.69) is 58.0 Å². The maximum atomic E-state index is 12.4. The summed E-state index contributed by atoms with van der Waals surface area (Å²) in [6.45, 7) is 4.12. The molecule has 1 N–H and O–H groups in total. The van der Waals surface area contributed by atoms with E-state index < -0.39 is 0 Å². The van der Waals surface area contributed by atoms with Gasteiger partial charge < -0.3 is 10.1 Å². The lowest BCUT2D eigenvalue weighted by atomic mass is 10.1. The highest BCUT2D eigenvalue weighted by Crippen LogP contribution is 2.24. The quantitative estimate of drug-likeness (QED) is 0.312. The van der Waals surface area contributed by atoms with E-state index in [1.165, 1.54) is 28.2 Å². The van der Waals surface area contributed by atoms with Crippen molar-refractivity contribution in [2.75, 3.05) is 0 Å². The van der Waals surface area contributed by atoms with Crippen molar-refractivity contribution in [3.63, 3.8) is 0 Å². The fourth-order valence-corrected chi connectivity index (χ4v) is 4.20. The molecule has 0 saturated carbocycles. The Hall–Kier alpha value is -3.51. The average Bonchev–Trinajstić information content (AvgIpc) is 3.28. The van der Waals surface area contributed by atoms with Crippen LogP contribution in [0.3, 0.4) is 0 Å². The minimum Gasteiger partial charge on any atom is -0.430 e. The summed E-state index contributed by atoms with van der Waals surface area (Å²) in [6, 6.07) is 26.4. The van der Waals surface area contributed by atoms with E-state index in [0.717, 1.165) is 24.2 Å². The molecule has 0 spiro atoms. The highest BCUT2D eigenvalue weighted by molar-refractivity contribution is 7.07. The second-order valence-corrected chi connectivity index (χ2v) is 9.27. The molecule has 1 atom stereocenters. The number of nitrogens with zero attached hydrogens (tertiary/aromatic N) is 2. The molecule has 1 aromatic heterocycles. The second kappa shape index (κ2) is 11.6. The van der Waals surface area contributed by atoms with E-state index in [9.17, 15) is 4.79 Å². The number of carbonyl (C=O) groups is 1. The Morgan fingerprint density at radius 1 is 0.941 bits per heavy atom. The summed E-state index contributed by atoms with van der Waals surface area (Å²) >= 11 is 1.24. The number of ether oxygens (including phenoxy) is 1. The van der Waals surface area contributed by atoms with Crippen molar-refractivity contribution in [3.05, 3.63) is 107 Å². The van der Waals surface area contributed by atoms with Crippen LogP contribution in [-0.2, 0) is 24.1 Å². The summed E-state index contributed by atoms with van der Waals surface area (Å²) in [6.07, 6.45) is 2.89. The van der Waals surface area contributed by atoms with Gasteiger partial charge in [-0.25, -0.2) is 0 Å². The molecule has 0 aliphatic carbocycles. The summed E-state index contributed by atoms with van der Waals surface area (Å²) < 4.78 is 10.3. The topological polar surface area (TPSA) is 64.1 Å². The molecule has 4 aromatic rings. The molecule has 0 aliphatic heterocycles. The highest BCUT2D eigenvalue weighted by atomic mass is 32.1. The van der Waals surface area contributed by atoms with Gasteiger partial charge in [0.2, 0.25) is 5.91 Å². The van der Waals surface area contributed by atoms with Gasteiger partial charge in [-0.2, -0.15) is 9.36 Å². The van der Waals surface area contributed by atoms with Crippen molar-refractivity contribution >= 4 is 17.4 Å². The molecule has 174 valence electrons. The van der Waals surface area contributed by atoms with Crippen LogP contribution in [-0.4, -0.2) is 21.3 Å². The van der Waals surface area contributed by atoms with E-state index in [1.54, 1.807) is 0 Å². The molecule has 34 heavy (non-hydrogen) atoms. The minimum absolute atomic E-state index is 0.0269. The fraction of sp³-hybridized carbons (Fsp3) is 0.250. The monoisotopic (exact) mass is 471 g/mol. The summed E-state index contributed by atoms with van der Waals surface area (Å²) in [7, 11) is 0. The van der Waals surface area contributed by atoms with Gasteiger partial charge in [-0.15, -0.1) is 0 Å². The molecule has 1 unspecified atom stereocenters. The lowest BCUT2D eigenvalue weighted by Crippen LogP contribution is -2.34. The first-order chi connectivity index (χ1) is 16.5. The third-order valence-corrected chi connectivity index (χ3v) is 6.17. The summed E-state index contributed by atoms with van der Waals surface area (Å²) in [5.74, 6) is 1.45. The summed E-state index contributed by atoms with van der Waals surface area (Å²) in [5.41, 5.74) is 4.64. The number of benzene rings is 3. The maximum Gasteiger partial charge on any atom is 0.298 e. The molecule has 0 saturated heterocycles. The molecule has 1 amide bonds. The van der Waals surface area contributed by atoms with Crippen LogP contribution in [0, 0.1) is 6.92 Å². The zero-order valence-corrected chi connectivity index (χ0v) is 20.3. The average molecular weight is 472 g/mol. The number of rotatable bonds is 10. The Labute approximate surface area is 205 Å². The van der Waals surface area contributed by atoms with Crippen LogP contribution in [0.1, 0.15) is 41.4 Å². The Bertz CT molecular complexity index is 1190. The van der Waals surface area contributed by atoms with E-state index in [1.807, 2.05) is 49.4 Å². The molecular formula is C28H29N3O2S. The van der Waals surface area contributed by atoms with Gasteiger partial charge in [-0.3, -0.25) is 4.79 Å². The number of amides is 1. The molecule has 1 heterocycles. The fourth-order valence-electron chi connectivity index (χ4n) is 3.63. The first-order valence-electron chi connectivity index (χ1n) is 11.5. The predicted octanol–water partition coefficient (Wildman–Crippen LogP) is 5.91. The van der Waals surface area contributed by atoms with Crippen LogP contribution >= 0.6 is 11.5 Å². The third kappa shape index (κ3) is 7.25. The largest absolute Gasteiger partial charge is 0.430 e. The molecular weight excluding hydrogens is 442 g/mol. The molecule has 0 bridgehead atoms. The zero-order valence-electron chi connectivity index (χ0n) is 19.5. The van der Waals surface area contributed by atoms with E-state index in [4.69, 9.17) is 4.74 Å². The van der Waals surface area contributed by atoms with Crippen molar-refractivity contribution in [2.24, 2.45) is 0 Å². The SMILES string of the molecule is Cc1ccc(Cc2nsc(Oc3ccc(CC(=O)NC(C)CCc4ccccc4)cc3)n2)cc1. The molecule has 6 heteroatoms. The summed E-state index contributed by atoms with van der Waals surface area (Å²) in [5, 5.41) is 3.61. The van der Waals surface area contributed by atoms with Crippen molar-refractivity contribution < 1.29 is 9.53 Å². The Balaban J connectivity index is 1.23. The lowest BCUT2D eigenvalue weighted by molar-refractivity contribution is -0.121. The standard InChI is InChI=1S/C28H29N3O2S/c1-20-8-11-23(12-9-20)18-26-30-28(34-31-26)33-25-16-14-24(15-17-25)19-27(32)29-21(2)10-13-22-6-4-3-5-7-22/h3-9,11-12,14-17,21H,10,13,18-19H2,1-2H3,(H,29,32). The van der Waals surface area contributed by atoms with Gasteiger partial charge in [0.25, 0.3) is 5.19 Å². The molecule has 0 radical (unpaired) electrons. The Morgan fingerprint density at radius 3 is 2.38 bits per heavy atom. The first-order valence-corrected chi connectivity index (χ1v) is 12.3. The smallest absolute Gasteiger partial charge is 0.298 e. The van der Waals surface area contributed by atoms with Crippen LogP contribution < -0.4 is 10.1 Å². The molecule has 0 fully saturated rings. The maximum absolute atomic E-state index is 12.4. The van der Waals surface area contributed by atoms with Crippen molar-refractivity contribution in [2.45, 2.75) is 45.6 Å². The van der Waals surface area contributed by atoms with Crippen LogP contribution in [0.15, 0.2) is 78.9 Å². The van der Waals surface area contributed by atoms with Gasteiger partial charge in [0.05, 0.1) is 6.42 Å². The Kier molecular flexibility index (Phi) is 8.04. The number of aryl methyl sites for hydroxylation is 2. The van der Waals surface area contributed by atoms with Crippen LogP contribution in [0.4, 0.5) is 0 Å². The van der Waals surface area contributed by atoms with Crippen LogP contribution in [0.5, 0.6) is 10.9 Å². The first kappa shape index (κ1) is 23.6. The van der Waals surface area contributed by atoms with Crippen LogP contribution in [0.2, 0.25) is 0 Å². The van der Waals surface area contributed by atoms with Gasteiger partial charge in [-0.05, 0) is 55.5 Å². The number of carbonyl (C=O) groups excluding carboxylic acids is 1. The predicted molar refractivity (Wildman–Crippen MR) is 136 cm³/mol. The van der Waals surface area contributed by atoms with Gasteiger partial charge in [-0.1, -0.05) is 72.3 Å². The normalized spacial score (nSPS) is 11.7. The van der Waals surface area contributed by atoms with Gasteiger partial charge in [0, 0.05) is 24.0 Å². The number of nitrogens with one attached hydrogen (secondary N) is 1. The third-order valence-electron chi connectivity index (χ3n) is 5.54. The second-order valence-electron chi connectivity index (χ2n) is 8.55. The molecule has 0 aliphatic rings. The van der Waals surface area contributed by atoms with Crippen molar-refractivity contribution in [3.8, 4) is 10.9 Å². The van der Waals surface area contributed by atoms with E-state index in [0.29, 0.717) is 23.8 Å². The molecule has 5 nitrogen and oxygen atoms in total.